The topological polar surface area (TPSA) is 78.0 Å². The second-order valence-corrected chi connectivity index (χ2v) is 6.06. The molecular weight excluding hydrogens is 297 g/mol. The number of aromatic nitrogens is 3. The maximum atomic E-state index is 13.3. The molecule has 0 amide bonds. The molecule has 7 heteroatoms. The van der Waals surface area contributed by atoms with Crippen LogP contribution in [0.15, 0.2) is 24.5 Å². The monoisotopic (exact) mass is 315 g/mol. The average molecular weight is 315 g/mol. The summed E-state index contributed by atoms with van der Waals surface area (Å²) in [5, 5.41) is 28.0. The summed E-state index contributed by atoms with van der Waals surface area (Å²) in [5.41, 5.74) is -0.00179. The summed E-state index contributed by atoms with van der Waals surface area (Å²) < 4.78 is 15.1. The molecule has 1 saturated heterocycles. The van der Waals surface area contributed by atoms with Crippen molar-refractivity contribution in [2.75, 3.05) is 18.0 Å². The van der Waals surface area contributed by atoms with Gasteiger partial charge in [-0.05, 0) is 31.0 Å². The van der Waals surface area contributed by atoms with E-state index in [9.17, 15) is 14.8 Å². The lowest BCUT2D eigenvalue weighted by atomic mass is 9.88. The summed E-state index contributed by atoms with van der Waals surface area (Å²) in [6.45, 7) is 1.10. The molecule has 120 valence electrons. The number of anilines is 1. The van der Waals surface area contributed by atoms with E-state index < -0.39 is 11.4 Å². The third-order valence-electron chi connectivity index (χ3n) is 4.27. The molecule has 1 unspecified atom stereocenters. The van der Waals surface area contributed by atoms with Gasteiger partial charge in [-0.2, -0.15) is 5.26 Å². The minimum absolute atomic E-state index is 0.285. The van der Waals surface area contributed by atoms with Crippen LogP contribution in [0.2, 0.25) is 0 Å². The Morgan fingerprint density at radius 2 is 2.30 bits per heavy atom. The van der Waals surface area contributed by atoms with Crippen LogP contribution >= 0.6 is 0 Å². The number of benzene rings is 1. The molecule has 6 nitrogen and oxygen atoms in total. The van der Waals surface area contributed by atoms with Crippen molar-refractivity contribution >= 4 is 5.69 Å². The zero-order chi connectivity index (χ0) is 16.4. The van der Waals surface area contributed by atoms with Crippen LogP contribution < -0.4 is 4.90 Å². The molecule has 0 saturated carbocycles. The Hall–Kier alpha value is -2.46. The molecule has 1 aliphatic rings. The van der Waals surface area contributed by atoms with Gasteiger partial charge in [-0.25, -0.2) is 4.39 Å². The Morgan fingerprint density at radius 3 is 3.00 bits per heavy atom. The first-order chi connectivity index (χ1) is 11.0. The van der Waals surface area contributed by atoms with Crippen molar-refractivity contribution in [1.82, 2.24) is 14.8 Å². The van der Waals surface area contributed by atoms with Gasteiger partial charge in [0.25, 0.3) is 0 Å². The smallest absolute Gasteiger partial charge is 0.135 e. The van der Waals surface area contributed by atoms with Gasteiger partial charge in [0.1, 0.15) is 24.0 Å². The molecule has 1 fully saturated rings. The first kappa shape index (κ1) is 15.4. The Labute approximate surface area is 133 Å². The number of piperidine rings is 1. The molecule has 2 aromatic rings. The summed E-state index contributed by atoms with van der Waals surface area (Å²) in [4.78, 5) is 1.94. The number of aryl methyl sites for hydroxylation is 1. The van der Waals surface area contributed by atoms with Crippen LogP contribution in [0.3, 0.4) is 0 Å². The summed E-state index contributed by atoms with van der Waals surface area (Å²) in [5.74, 6) is 0.283. The number of rotatable bonds is 3. The lowest BCUT2D eigenvalue weighted by Crippen LogP contribution is -2.50. The van der Waals surface area contributed by atoms with E-state index in [0.29, 0.717) is 30.9 Å². The van der Waals surface area contributed by atoms with Crippen LogP contribution in [0.1, 0.15) is 24.2 Å². The molecule has 3 rings (SSSR count). The predicted octanol–water partition coefficient (Wildman–Crippen LogP) is 1.40. The molecule has 23 heavy (non-hydrogen) atoms. The Balaban J connectivity index is 1.83. The minimum atomic E-state index is -0.944. The van der Waals surface area contributed by atoms with E-state index in [-0.39, 0.29) is 5.56 Å². The zero-order valence-electron chi connectivity index (χ0n) is 12.9. The van der Waals surface area contributed by atoms with Gasteiger partial charge in [0.2, 0.25) is 0 Å². The Morgan fingerprint density at radius 1 is 1.48 bits per heavy atom. The first-order valence-electron chi connectivity index (χ1n) is 7.51. The molecule has 1 N–H and O–H groups in total. The van der Waals surface area contributed by atoms with Crippen LogP contribution in [-0.2, 0) is 13.5 Å². The Bertz CT molecular complexity index is 753. The van der Waals surface area contributed by atoms with Crippen molar-refractivity contribution in [2.45, 2.75) is 24.9 Å². The number of aliphatic hydroxyl groups is 1. The van der Waals surface area contributed by atoms with Crippen LogP contribution in [0.5, 0.6) is 0 Å². The number of nitriles is 1. The molecule has 1 atom stereocenters. The number of hydrogen-bond donors (Lipinski definition) is 1. The summed E-state index contributed by atoms with van der Waals surface area (Å²) in [6, 6.07) is 6.19. The van der Waals surface area contributed by atoms with Gasteiger partial charge >= 0.3 is 0 Å². The van der Waals surface area contributed by atoms with Crippen LogP contribution in [0.4, 0.5) is 10.1 Å². The molecule has 0 bridgehead atoms. The molecule has 0 aliphatic carbocycles. The largest absolute Gasteiger partial charge is 0.388 e. The van der Waals surface area contributed by atoms with Crippen LogP contribution in [0, 0.1) is 17.1 Å². The van der Waals surface area contributed by atoms with Crippen molar-refractivity contribution in [3.05, 3.63) is 41.7 Å². The standard InChI is InChI=1S/C16H18FN5O/c1-21-11-19-20-15(21)8-16(23)5-2-6-22(10-16)14-4-3-13(17)7-12(14)9-18/h3-4,7,11,23H,2,5-6,8,10H2,1H3. The van der Waals surface area contributed by atoms with Gasteiger partial charge in [0.05, 0.1) is 16.9 Å². The van der Waals surface area contributed by atoms with Crippen molar-refractivity contribution in [1.29, 1.82) is 5.26 Å². The maximum Gasteiger partial charge on any atom is 0.135 e. The zero-order valence-corrected chi connectivity index (χ0v) is 12.9. The van der Waals surface area contributed by atoms with Gasteiger partial charge in [-0.3, -0.25) is 0 Å². The maximum absolute atomic E-state index is 13.3. The summed E-state index contributed by atoms with van der Waals surface area (Å²) in [6.07, 6.45) is 3.44. The van der Waals surface area contributed by atoms with Crippen LogP contribution in [-0.4, -0.2) is 38.6 Å². The highest BCUT2D eigenvalue weighted by molar-refractivity contribution is 5.60. The second-order valence-electron chi connectivity index (χ2n) is 6.06. The Kier molecular flexibility index (Phi) is 4.01. The van der Waals surface area contributed by atoms with Gasteiger partial charge in [0, 0.05) is 26.6 Å². The highest BCUT2D eigenvalue weighted by atomic mass is 19.1. The number of hydrogen-bond acceptors (Lipinski definition) is 5. The van der Waals surface area contributed by atoms with Gasteiger partial charge in [-0.1, -0.05) is 0 Å². The molecule has 2 heterocycles. The normalized spacial score (nSPS) is 21.2. The minimum Gasteiger partial charge on any atom is -0.388 e. The van der Waals surface area contributed by atoms with E-state index in [2.05, 4.69) is 10.2 Å². The molecule has 1 aromatic heterocycles. The summed E-state index contributed by atoms with van der Waals surface area (Å²) in [7, 11) is 1.84. The van der Waals surface area contributed by atoms with Crippen molar-refractivity contribution < 1.29 is 9.50 Å². The SMILES string of the molecule is Cn1cnnc1CC1(O)CCCN(c2ccc(F)cc2C#N)C1. The lowest BCUT2D eigenvalue weighted by molar-refractivity contribution is 0.0238. The fourth-order valence-corrected chi connectivity index (χ4v) is 3.10. The molecular formula is C16H18FN5O. The van der Waals surface area contributed by atoms with E-state index >= 15 is 0 Å². The third-order valence-corrected chi connectivity index (χ3v) is 4.27. The molecule has 1 aromatic carbocycles. The van der Waals surface area contributed by atoms with E-state index in [4.69, 9.17) is 0 Å². The highest BCUT2D eigenvalue weighted by Gasteiger charge is 2.35. The van der Waals surface area contributed by atoms with E-state index in [0.717, 1.165) is 13.0 Å². The number of β-amino-alcohol motifs (C(OH)–C–C–N with tert-alkyl or cyclic N) is 1. The van der Waals surface area contributed by atoms with Crippen molar-refractivity contribution in [3.8, 4) is 6.07 Å². The fraction of sp³-hybridized carbons (Fsp3) is 0.438. The van der Waals surface area contributed by atoms with Crippen molar-refractivity contribution in [3.63, 3.8) is 0 Å². The fourth-order valence-electron chi connectivity index (χ4n) is 3.10. The third kappa shape index (κ3) is 3.17. The number of halogens is 1. The number of nitrogens with zero attached hydrogens (tertiary/aromatic N) is 5. The van der Waals surface area contributed by atoms with Gasteiger partial charge in [0.15, 0.2) is 0 Å². The molecule has 0 spiro atoms. The first-order valence-corrected chi connectivity index (χ1v) is 7.51. The quantitative estimate of drug-likeness (QED) is 0.926. The van der Waals surface area contributed by atoms with Gasteiger partial charge in [-0.15, -0.1) is 10.2 Å². The second kappa shape index (κ2) is 5.97. The predicted molar refractivity (Wildman–Crippen MR) is 82.2 cm³/mol. The van der Waals surface area contributed by atoms with E-state index in [1.165, 1.54) is 12.1 Å². The summed E-state index contributed by atoms with van der Waals surface area (Å²) >= 11 is 0. The van der Waals surface area contributed by atoms with E-state index in [1.807, 2.05) is 18.0 Å². The van der Waals surface area contributed by atoms with Gasteiger partial charge < -0.3 is 14.6 Å². The van der Waals surface area contributed by atoms with Crippen molar-refractivity contribution in [2.24, 2.45) is 7.05 Å². The lowest BCUT2D eigenvalue weighted by Gasteiger charge is -2.40. The van der Waals surface area contributed by atoms with Crippen LogP contribution in [0.25, 0.3) is 0 Å². The molecule has 1 aliphatic heterocycles. The van der Waals surface area contributed by atoms with E-state index in [1.54, 1.807) is 17.0 Å². The highest BCUT2D eigenvalue weighted by Crippen LogP contribution is 2.30. The average Bonchev–Trinajstić information content (AvgIpc) is 2.91. The molecule has 0 radical (unpaired) electrons.